The molecule has 3 aromatic rings. The minimum Gasteiger partial charge on any atom is -0.508 e. The molecule has 0 unspecified atom stereocenters. The van der Waals surface area contributed by atoms with Gasteiger partial charge in [0, 0.05) is 19.5 Å². The van der Waals surface area contributed by atoms with Crippen molar-refractivity contribution in [3.05, 3.63) is 102 Å². The average molecular weight is 515 g/mol. The zero-order chi connectivity index (χ0) is 27.1. The fourth-order valence-electron chi connectivity index (χ4n) is 5.56. The van der Waals surface area contributed by atoms with Crippen LogP contribution >= 0.6 is 0 Å². The molecule has 1 saturated heterocycles. The van der Waals surface area contributed by atoms with Crippen LogP contribution in [0.25, 0.3) is 0 Å². The third-order valence-corrected chi connectivity index (χ3v) is 8.14. The van der Waals surface area contributed by atoms with Gasteiger partial charge in [0.1, 0.15) is 11.8 Å². The van der Waals surface area contributed by atoms with Crippen LogP contribution in [0, 0.1) is 11.8 Å². The number of hydrogen-bond donors (Lipinski definition) is 3. The predicted octanol–water partition coefficient (Wildman–Crippen LogP) is 4.66. The number of piperidine rings is 1. The molecule has 1 amide bonds. The third-order valence-electron chi connectivity index (χ3n) is 8.14. The number of amides is 1. The van der Waals surface area contributed by atoms with E-state index in [4.69, 9.17) is 0 Å². The zero-order valence-corrected chi connectivity index (χ0v) is 22.2. The molecule has 1 aliphatic heterocycles. The van der Waals surface area contributed by atoms with Gasteiger partial charge in [0.05, 0.1) is 5.92 Å². The van der Waals surface area contributed by atoms with E-state index in [9.17, 15) is 19.8 Å². The summed E-state index contributed by atoms with van der Waals surface area (Å²) in [5, 5.41) is 22.7. The number of carbonyl (C=O) groups is 2. The highest BCUT2D eigenvalue weighted by Crippen LogP contribution is 2.40. The lowest BCUT2D eigenvalue weighted by Gasteiger charge is -2.45. The van der Waals surface area contributed by atoms with Gasteiger partial charge in [-0.3, -0.25) is 4.79 Å². The molecule has 0 bridgehead atoms. The van der Waals surface area contributed by atoms with Crippen molar-refractivity contribution < 1.29 is 19.8 Å². The Morgan fingerprint density at radius 3 is 2.18 bits per heavy atom. The van der Waals surface area contributed by atoms with Crippen molar-refractivity contribution in [3.8, 4) is 5.75 Å². The standard InChI is InChI=1S/C32H38N2O4/c1-23-21-34(17-16-32(23,2)27-14-9-15-28(35)20-27)22-26(18-24-10-5-3-6-11-24)30(36)33-29(31(37)38)19-25-12-7-4-8-13-25/h3-15,20,23,26,29,35H,16-19,21-22H2,1-2H3,(H,33,36)(H,37,38)/t23-,26-,29-,32+/m0/s1. The first kappa shape index (κ1) is 27.4. The largest absolute Gasteiger partial charge is 0.508 e. The summed E-state index contributed by atoms with van der Waals surface area (Å²) in [5.41, 5.74) is 2.98. The number of aliphatic carboxylic acids is 1. The summed E-state index contributed by atoms with van der Waals surface area (Å²) in [7, 11) is 0. The number of phenols is 1. The van der Waals surface area contributed by atoms with E-state index < -0.39 is 12.0 Å². The Labute approximate surface area is 225 Å². The number of likely N-dealkylation sites (tertiary alicyclic amines) is 1. The van der Waals surface area contributed by atoms with Crippen LogP contribution in [-0.4, -0.2) is 52.7 Å². The molecule has 0 aromatic heterocycles. The van der Waals surface area contributed by atoms with E-state index in [0.717, 1.165) is 36.2 Å². The van der Waals surface area contributed by atoms with Crippen molar-refractivity contribution in [2.45, 2.75) is 44.6 Å². The minimum atomic E-state index is -1.03. The number of carboxylic acid groups (broad SMARTS) is 1. The van der Waals surface area contributed by atoms with E-state index in [0.29, 0.717) is 18.9 Å². The minimum absolute atomic E-state index is 0.0729. The van der Waals surface area contributed by atoms with Gasteiger partial charge in [-0.1, -0.05) is 86.6 Å². The van der Waals surface area contributed by atoms with Gasteiger partial charge in [-0.2, -0.15) is 0 Å². The maximum absolute atomic E-state index is 13.6. The molecule has 1 heterocycles. The quantitative estimate of drug-likeness (QED) is 0.366. The number of nitrogens with one attached hydrogen (secondary N) is 1. The van der Waals surface area contributed by atoms with E-state index in [-0.39, 0.29) is 29.4 Å². The van der Waals surface area contributed by atoms with Crippen molar-refractivity contribution in [3.63, 3.8) is 0 Å². The number of benzene rings is 3. The lowest BCUT2D eigenvalue weighted by molar-refractivity contribution is -0.142. The van der Waals surface area contributed by atoms with Crippen molar-refractivity contribution in [1.29, 1.82) is 0 Å². The Hall–Kier alpha value is -3.64. The fraction of sp³-hybridized carbons (Fsp3) is 0.375. The van der Waals surface area contributed by atoms with Crippen LogP contribution < -0.4 is 5.32 Å². The molecule has 6 nitrogen and oxygen atoms in total. The van der Waals surface area contributed by atoms with Crippen LogP contribution in [0.2, 0.25) is 0 Å². The van der Waals surface area contributed by atoms with E-state index in [1.165, 1.54) is 0 Å². The van der Waals surface area contributed by atoms with Crippen LogP contribution in [0.15, 0.2) is 84.9 Å². The molecule has 3 aromatic carbocycles. The molecule has 1 fully saturated rings. The number of aromatic hydroxyl groups is 1. The molecule has 4 rings (SSSR count). The summed E-state index contributed by atoms with van der Waals surface area (Å²) < 4.78 is 0. The second kappa shape index (κ2) is 12.3. The van der Waals surface area contributed by atoms with Gasteiger partial charge < -0.3 is 20.4 Å². The van der Waals surface area contributed by atoms with E-state index in [1.54, 1.807) is 6.07 Å². The summed E-state index contributed by atoms with van der Waals surface area (Å²) >= 11 is 0. The van der Waals surface area contributed by atoms with E-state index in [1.807, 2.05) is 72.8 Å². The molecule has 0 radical (unpaired) electrons. The molecule has 4 atom stereocenters. The number of rotatable bonds is 10. The summed E-state index contributed by atoms with van der Waals surface area (Å²) in [4.78, 5) is 27.9. The van der Waals surface area contributed by atoms with Gasteiger partial charge in [-0.15, -0.1) is 0 Å². The van der Waals surface area contributed by atoms with Crippen molar-refractivity contribution >= 4 is 11.9 Å². The first-order valence-electron chi connectivity index (χ1n) is 13.4. The highest BCUT2D eigenvalue weighted by Gasteiger charge is 2.39. The lowest BCUT2D eigenvalue weighted by Crippen LogP contribution is -2.52. The zero-order valence-electron chi connectivity index (χ0n) is 22.2. The Kier molecular flexibility index (Phi) is 8.85. The highest BCUT2D eigenvalue weighted by atomic mass is 16.4. The monoisotopic (exact) mass is 514 g/mol. The lowest BCUT2D eigenvalue weighted by atomic mass is 9.68. The summed E-state index contributed by atoms with van der Waals surface area (Å²) in [6, 6.07) is 25.8. The van der Waals surface area contributed by atoms with Crippen LogP contribution in [0.3, 0.4) is 0 Å². The normalized spacial score (nSPS) is 21.4. The van der Waals surface area contributed by atoms with Crippen molar-refractivity contribution in [2.24, 2.45) is 11.8 Å². The Morgan fingerprint density at radius 1 is 0.974 bits per heavy atom. The number of carbonyl (C=O) groups excluding carboxylic acids is 1. The van der Waals surface area contributed by atoms with Gasteiger partial charge in [0.15, 0.2) is 0 Å². The van der Waals surface area contributed by atoms with Crippen LogP contribution in [0.4, 0.5) is 0 Å². The average Bonchev–Trinajstić information content (AvgIpc) is 2.91. The molecule has 6 heteroatoms. The van der Waals surface area contributed by atoms with Crippen molar-refractivity contribution in [2.75, 3.05) is 19.6 Å². The van der Waals surface area contributed by atoms with Gasteiger partial charge in [0.25, 0.3) is 0 Å². The summed E-state index contributed by atoms with van der Waals surface area (Å²) in [6.07, 6.45) is 1.69. The first-order valence-corrected chi connectivity index (χ1v) is 13.4. The SMILES string of the molecule is C[C@H]1CN(C[C@H](Cc2ccccc2)C(=O)N[C@@H](Cc2ccccc2)C(=O)O)CC[C@@]1(C)c1cccc(O)c1. The van der Waals surface area contributed by atoms with Crippen LogP contribution in [0.5, 0.6) is 5.75 Å². The number of phenolic OH excluding ortho intramolecular Hbond substituents is 1. The molecule has 0 spiro atoms. The fourth-order valence-corrected chi connectivity index (χ4v) is 5.56. The Balaban J connectivity index is 1.48. The van der Waals surface area contributed by atoms with Gasteiger partial charge in [-0.05, 0) is 59.5 Å². The van der Waals surface area contributed by atoms with E-state index in [2.05, 4.69) is 30.1 Å². The summed E-state index contributed by atoms with van der Waals surface area (Å²) in [5.74, 6) is -1.06. The smallest absolute Gasteiger partial charge is 0.326 e. The maximum atomic E-state index is 13.6. The molecule has 0 aliphatic carbocycles. The Morgan fingerprint density at radius 2 is 1.61 bits per heavy atom. The third kappa shape index (κ3) is 6.81. The predicted molar refractivity (Wildman–Crippen MR) is 149 cm³/mol. The van der Waals surface area contributed by atoms with Crippen molar-refractivity contribution in [1.82, 2.24) is 10.2 Å². The first-order chi connectivity index (χ1) is 18.2. The second-order valence-electron chi connectivity index (χ2n) is 10.9. The molecule has 38 heavy (non-hydrogen) atoms. The Bertz CT molecular complexity index is 1220. The summed E-state index contributed by atoms with van der Waals surface area (Å²) in [6.45, 7) is 6.67. The van der Waals surface area contributed by atoms with Crippen LogP contribution in [-0.2, 0) is 27.8 Å². The molecular formula is C32H38N2O4. The molecule has 200 valence electrons. The number of carboxylic acids is 1. The van der Waals surface area contributed by atoms with Crippen LogP contribution in [0.1, 0.15) is 37.0 Å². The van der Waals surface area contributed by atoms with Gasteiger partial charge in [0.2, 0.25) is 5.91 Å². The number of nitrogens with zero attached hydrogens (tertiary/aromatic N) is 1. The molecular weight excluding hydrogens is 476 g/mol. The molecule has 1 aliphatic rings. The molecule has 3 N–H and O–H groups in total. The van der Waals surface area contributed by atoms with Gasteiger partial charge in [-0.25, -0.2) is 4.79 Å². The molecule has 0 saturated carbocycles. The maximum Gasteiger partial charge on any atom is 0.326 e. The second-order valence-corrected chi connectivity index (χ2v) is 10.9. The highest BCUT2D eigenvalue weighted by molar-refractivity contribution is 5.85. The topological polar surface area (TPSA) is 89.9 Å². The number of hydrogen-bond acceptors (Lipinski definition) is 4. The van der Waals surface area contributed by atoms with E-state index >= 15 is 0 Å². The van der Waals surface area contributed by atoms with Gasteiger partial charge >= 0.3 is 5.97 Å².